The summed E-state index contributed by atoms with van der Waals surface area (Å²) < 4.78 is 2.71. The number of rotatable bonds is 6. The van der Waals surface area contributed by atoms with Gasteiger partial charge in [-0.2, -0.15) is 5.26 Å². The van der Waals surface area contributed by atoms with Gasteiger partial charge in [-0.3, -0.25) is 9.52 Å². The van der Waals surface area contributed by atoms with Crippen molar-refractivity contribution in [2.75, 3.05) is 11.2 Å². The van der Waals surface area contributed by atoms with E-state index < -0.39 is 0 Å². The third-order valence-electron chi connectivity index (χ3n) is 3.54. The first-order valence-electron chi connectivity index (χ1n) is 7.58. The Morgan fingerprint density at radius 3 is 2.77 bits per heavy atom. The molecule has 2 heterocycles. The van der Waals surface area contributed by atoms with Gasteiger partial charge in [-0.15, -0.1) is 22.7 Å². The number of aryl methyl sites for hydroxylation is 1. The average molecular weight is 402 g/mol. The van der Waals surface area contributed by atoms with E-state index in [2.05, 4.69) is 20.8 Å². The third kappa shape index (κ3) is 4.04. The SMILES string of the molecule is CSNC(=O)c1nc(N(Cc2cscn2)c2ccc(C#N)cc2)sc1C. The molecule has 0 saturated carbocycles. The van der Waals surface area contributed by atoms with E-state index in [9.17, 15) is 4.79 Å². The first-order valence-corrected chi connectivity index (χ1v) is 10.6. The Morgan fingerprint density at radius 2 is 2.15 bits per heavy atom. The fourth-order valence-electron chi connectivity index (χ4n) is 2.31. The van der Waals surface area contributed by atoms with E-state index in [1.54, 1.807) is 23.9 Å². The summed E-state index contributed by atoms with van der Waals surface area (Å²) in [5, 5.41) is 11.7. The monoisotopic (exact) mass is 401 g/mol. The second kappa shape index (κ2) is 8.31. The second-order valence-corrected chi connectivity index (χ2v) is 7.77. The van der Waals surface area contributed by atoms with Crippen LogP contribution >= 0.6 is 34.6 Å². The molecule has 0 fully saturated rings. The molecule has 0 unspecified atom stereocenters. The molecule has 0 radical (unpaired) electrons. The molecule has 26 heavy (non-hydrogen) atoms. The highest BCUT2D eigenvalue weighted by atomic mass is 32.2. The minimum Gasteiger partial charge on any atom is -0.312 e. The quantitative estimate of drug-likeness (QED) is 0.626. The molecule has 0 spiro atoms. The van der Waals surface area contributed by atoms with Crippen LogP contribution in [0.2, 0.25) is 0 Å². The number of nitriles is 1. The molecule has 0 saturated heterocycles. The van der Waals surface area contributed by atoms with Crippen LogP contribution in [0.4, 0.5) is 10.8 Å². The summed E-state index contributed by atoms with van der Waals surface area (Å²) >= 11 is 4.24. The standard InChI is InChI=1S/C17H15N5OS3/c1-11-15(16(23)21-24-2)20-17(26-11)22(8-13-9-25-10-19-13)14-5-3-12(7-18)4-6-14/h3-6,9-10H,8H2,1-2H3,(H,21,23). The van der Waals surface area contributed by atoms with Crippen molar-refractivity contribution in [2.45, 2.75) is 13.5 Å². The van der Waals surface area contributed by atoms with Crippen molar-refractivity contribution < 1.29 is 4.79 Å². The number of hydrogen-bond acceptors (Lipinski definition) is 8. The Labute approximate surface area is 163 Å². The van der Waals surface area contributed by atoms with Crippen molar-refractivity contribution in [3.05, 3.63) is 57.0 Å². The molecule has 1 aromatic carbocycles. The number of carbonyl (C=O) groups is 1. The third-order valence-corrected chi connectivity index (χ3v) is 5.56. The van der Waals surface area contributed by atoms with Gasteiger partial charge in [-0.25, -0.2) is 9.97 Å². The Morgan fingerprint density at radius 1 is 1.38 bits per heavy atom. The Kier molecular flexibility index (Phi) is 5.88. The summed E-state index contributed by atoms with van der Waals surface area (Å²) in [5.74, 6) is -0.203. The normalized spacial score (nSPS) is 10.3. The number of nitrogens with one attached hydrogen (secondary N) is 1. The van der Waals surface area contributed by atoms with E-state index in [1.807, 2.05) is 29.3 Å². The molecule has 2 aromatic heterocycles. The van der Waals surface area contributed by atoms with E-state index in [0.717, 1.165) is 16.3 Å². The lowest BCUT2D eigenvalue weighted by atomic mass is 10.2. The largest absolute Gasteiger partial charge is 0.312 e. The van der Waals surface area contributed by atoms with Gasteiger partial charge < -0.3 is 4.90 Å². The molecular weight excluding hydrogens is 386 g/mol. The van der Waals surface area contributed by atoms with Gasteiger partial charge in [0.15, 0.2) is 5.13 Å². The molecule has 0 aliphatic carbocycles. The minimum absolute atomic E-state index is 0.203. The van der Waals surface area contributed by atoms with Crippen molar-refractivity contribution >= 4 is 51.3 Å². The van der Waals surface area contributed by atoms with Crippen molar-refractivity contribution in [3.8, 4) is 6.07 Å². The van der Waals surface area contributed by atoms with Crippen molar-refractivity contribution in [1.82, 2.24) is 14.7 Å². The molecule has 1 N–H and O–H groups in total. The van der Waals surface area contributed by atoms with Crippen LogP contribution in [0.25, 0.3) is 0 Å². The zero-order valence-corrected chi connectivity index (χ0v) is 16.5. The smallest absolute Gasteiger partial charge is 0.280 e. The van der Waals surface area contributed by atoms with Gasteiger partial charge >= 0.3 is 0 Å². The first kappa shape index (κ1) is 18.4. The molecule has 1 amide bonds. The highest BCUT2D eigenvalue weighted by Gasteiger charge is 2.20. The zero-order valence-electron chi connectivity index (χ0n) is 14.1. The van der Waals surface area contributed by atoms with Gasteiger partial charge in [0.2, 0.25) is 0 Å². The molecule has 0 bridgehead atoms. The maximum Gasteiger partial charge on any atom is 0.280 e. The van der Waals surface area contributed by atoms with E-state index in [0.29, 0.717) is 22.9 Å². The Bertz CT molecular complexity index is 928. The van der Waals surface area contributed by atoms with Gasteiger partial charge in [0.1, 0.15) is 5.69 Å². The molecule has 3 aromatic rings. The highest BCUT2D eigenvalue weighted by molar-refractivity contribution is 7.97. The van der Waals surface area contributed by atoms with Gasteiger partial charge in [-0.1, -0.05) is 11.9 Å². The van der Waals surface area contributed by atoms with Crippen molar-refractivity contribution in [2.24, 2.45) is 0 Å². The molecule has 0 aliphatic heterocycles. The van der Waals surface area contributed by atoms with Crippen LogP contribution in [0.5, 0.6) is 0 Å². The topological polar surface area (TPSA) is 81.9 Å². The number of carbonyl (C=O) groups excluding carboxylic acids is 1. The van der Waals surface area contributed by atoms with E-state index in [4.69, 9.17) is 5.26 Å². The molecule has 132 valence electrons. The fourth-order valence-corrected chi connectivity index (χ4v) is 4.07. The zero-order chi connectivity index (χ0) is 18.5. The summed E-state index contributed by atoms with van der Waals surface area (Å²) in [6.07, 6.45) is 1.80. The number of hydrogen-bond donors (Lipinski definition) is 1. The maximum atomic E-state index is 12.2. The summed E-state index contributed by atoms with van der Waals surface area (Å²) in [7, 11) is 0. The Hall–Kier alpha value is -2.41. The minimum atomic E-state index is -0.203. The molecule has 0 atom stereocenters. The number of benzene rings is 1. The number of aromatic nitrogens is 2. The van der Waals surface area contributed by atoms with Gasteiger partial charge in [0.05, 0.1) is 29.4 Å². The van der Waals surface area contributed by atoms with Crippen LogP contribution in [0.15, 0.2) is 35.2 Å². The molecule has 9 heteroatoms. The summed E-state index contributed by atoms with van der Waals surface area (Å²) in [4.78, 5) is 24.0. The van der Waals surface area contributed by atoms with Crippen LogP contribution in [0.3, 0.4) is 0 Å². The lowest BCUT2D eigenvalue weighted by molar-refractivity contribution is 0.0980. The van der Waals surface area contributed by atoms with Gasteiger partial charge in [0, 0.05) is 22.2 Å². The van der Waals surface area contributed by atoms with Crippen molar-refractivity contribution in [3.63, 3.8) is 0 Å². The van der Waals surface area contributed by atoms with Crippen LogP contribution < -0.4 is 9.62 Å². The van der Waals surface area contributed by atoms with E-state index >= 15 is 0 Å². The summed E-state index contributed by atoms with van der Waals surface area (Å²) in [6.45, 7) is 2.42. The van der Waals surface area contributed by atoms with E-state index in [1.165, 1.54) is 34.6 Å². The number of nitrogens with zero attached hydrogens (tertiary/aromatic N) is 4. The molecule has 0 aliphatic rings. The fraction of sp³-hybridized carbons (Fsp3) is 0.176. The lowest BCUT2D eigenvalue weighted by Gasteiger charge is -2.21. The first-order chi connectivity index (χ1) is 12.6. The van der Waals surface area contributed by atoms with Gasteiger partial charge in [-0.05, 0) is 31.2 Å². The number of amides is 1. The molecular formula is C17H15N5OS3. The van der Waals surface area contributed by atoms with Crippen LogP contribution in [-0.4, -0.2) is 22.1 Å². The summed E-state index contributed by atoms with van der Waals surface area (Å²) in [6, 6.07) is 9.42. The van der Waals surface area contributed by atoms with Crippen LogP contribution in [-0.2, 0) is 6.54 Å². The average Bonchev–Trinajstić information content (AvgIpc) is 3.29. The van der Waals surface area contributed by atoms with Gasteiger partial charge in [0.25, 0.3) is 5.91 Å². The summed E-state index contributed by atoms with van der Waals surface area (Å²) in [5.41, 5.74) is 4.62. The van der Waals surface area contributed by atoms with Crippen molar-refractivity contribution in [1.29, 1.82) is 5.26 Å². The van der Waals surface area contributed by atoms with Crippen LogP contribution in [0, 0.1) is 18.3 Å². The lowest BCUT2D eigenvalue weighted by Crippen LogP contribution is -2.19. The molecule has 6 nitrogen and oxygen atoms in total. The molecule has 3 rings (SSSR count). The highest BCUT2D eigenvalue weighted by Crippen LogP contribution is 2.33. The maximum absolute atomic E-state index is 12.2. The number of thiazole rings is 2. The van der Waals surface area contributed by atoms with E-state index in [-0.39, 0.29) is 5.91 Å². The predicted octanol–water partition coefficient (Wildman–Crippen LogP) is 4.13. The predicted molar refractivity (Wildman–Crippen MR) is 107 cm³/mol. The van der Waals surface area contributed by atoms with Crippen LogP contribution in [0.1, 0.15) is 26.6 Å². The second-order valence-electron chi connectivity index (χ2n) is 5.26. The Balaban J connectivity index is 1.98. The number of anilines is 2.